The van der Waals surface area contributed by atoms with E-state index >= 15 is 0 Å². The van der Waals surface area contributed by atoms with Crippen LogP contribution in [0.15, 0.2) is 24.3 Å². The first-order valence-electron chi connectivity index (χ1n) is 5.51. The predicted molar refractivity (Wildman–Crippen MR) is 67.2 cm³/mol. The zero-order chi connectivity index (χ0) is 11.7. The van der Waals surface area contributed by atoms with E-state index in [0.717, 1.165) is 17.7 Å². The molecule has 0 aliphatic rings. The van der Waals surface area contributed by atoms with E-state index in [1.807, 2.05) is 13.1 Å². The van der Waals surface area contributed by atoms with Gasteiger partial charge < -0.3 is 5.73 Å². The summed E-state index contributed by atoms with van der Waals surface area (Å²) in [5.41, 5.74) is 10.5. The molecule has 0 atom stereocenters. The summed E-state index contributed by atoms with van der Waals surface area (Å²) < 4.78 is 1.69. The van der Waals surface area contributed by atoms with Gasteiger partial charge in [0.1, 0.15) is 5.82 Å². The monoisotopic (exact) mass is 215 g/mol. The maximum absolute atomic E-state index is 5.77. The Morgan fingerprint density at radius 1 is 1.31 bits per heavy atom. The van der Waals surface area contributed by atoms with Crippen LogP contribution in [-0.4, -0.2) is 9.78 Å². The molecule has 0 saturated heterocycles. The van der Waals surface area contributed by atoms with Gasteiger partial charge in [0.15, 0.2) is 0 Å². The lowest BCUT2D eigenvalue weighted by Crippen LogP contribution is -1.96. The second-order valence-electron chi connectivity index (χ2n) is 4.07. The molecular formula is C13H17N3. The van der Waals surface area contributed by atoms with E-state index < -0.39 is 0 Å². The maximum Gasteiger partial charge on any atom is 0.121 e. The van der Waals surface area contributed by atoms with Gasteiger partial charge in [0, 0.05) is 18.7 Å². The van der Waals surface area contributed by atoms with Gasteiger partial charge in [-0.2, -0.15) is 5.10 Å². The summed E-state index contributed by atoms with van der Waals surface area (Å²) >= 11 is 0. The average Bonchev–Trinajstić information content (AvgIpc) is 2.59. The van der Waals surface area contributed by atoms with Gasteiger partial charge in [-0.05, 0) is 30.5 Å². The van der Waals surface area contributed by atoms with E-state index in [9.17, 15) is 0 Å². The third-order valence-corrected chi connectivity index (χ3v) is 2.94. The van der Waals surface area contributed by atoms with Gasteiger partial charge in [0.25, 0.3) is 0 Å². The van der Waals surface area contributed by atoms with Crippen molar-refractivity contribution < 1.29 is 0 Å². The van der Waals surface area contributed by atoms with Gasteiger partial charge in [-0.15, -0.1) is 0 Å². The number of nitrogen functional groups attached to an aromatic ring is 1. The zero-order valence-corrected chi connectivity index (χ0v) is 9.99. The second-order valence-corrected chi connectivity index (χ2v) is 4.07. The highest BCUT2D eigenvalue weighted by Crippen LogP contribution is 2.22. The van der Waals surface area contributed by atoms with Crippen LogP contribution in [0.5, 0.6) is 0 Å². The van der Waals surface area contributed by atoms with Crippen molar-refractivity contribution in [2.75, 3.05) is 5.73 Å². The minimum absolute atomic E-state index is 0.687. The molecule has 3 heteroatoms. The number of nitrogens with zero attached hydrogens (tertiary/aromatic N) is 2. The summed E-state index contributed by atoms with van der Waals surface area (Å²) in [6.07, 6.45) is 1.07. The van der Waals surface area contributed by atoms with Crippen molar-refractivity contribution in [1.29, 1.82) is 0 Å². The van der Waals surface area contributed by atoms with E-state index in [4.69, 9.17) is 5.73 Å². The van der Waals surface area contributed by atoms with Gasteiger partial charge in [-0.1, -0.05) is 19.1 Å². The van der Waals surface area contributed by atoms with Crippen LogP contribution in [0.4, 0.5) is 5.82 Å². The fourth-order valence-electron chi connectivity index (χ4n) is 1.87. The SMILES string of the molecule is CCc1ccc(-c2cc(N)n(C)n2)cc1C. The number of aromatic nitrogens is 2. The number of nitrogens with two attached hydrogens (primary N) is 1. The van der Waals surface area contributed by atoms with Crippen LogP contribution in [0.25, 0.3) is 11.3 Å². The van der Waals surface area contributed by atoms with E-state index in [1.165, 1.54) is 11.1 Å². The van der Waals surface area contributed by atoms with Gasteiger partial charge in [-0.3, -0.25) is 4.68 Å². The molecule has 2 aromatic rings. The highest BCUT2D eigenvalue weighted by atomic mass is 15.3. The van der Waals surface area contributed by atoms with E-state index in [2.05, 4.69) is 37.1 Å². The standard InChI is InChI=1S/C13H17N3/c1-4-10-5-6-11(7-9(10)2)12-8-13(14)16(3)15-12/h5-8H,4,14H2,1-3H3. The van der Waals surface area contributed by atoms with Gasteiger partial charge in [0.2, 0.25) is 0 Å². The molecule has 16 heavy (non-hydrogen) atoms. The molecule has 2 rings (SSSR count). The van der Waals surface area contributed by atoms with E-state index in [-0.39, 0.29) is 0 Å². The van der Waals surface area contributed by atoms with Crippen molar-refractivity contribution in [1.82, 2.24) is 9.78 Å². The van der Waals surface area contributed by atoms with Crippen LogP contribution in [0, 0.1) is 6.92 Å². The van der Waals surface area contributed by atoms with Crippen LogP contribution in [-0.2, 0) is 13.5 Å². The Balaban J connectivity index is 2.45. The molecule has 0 saturated carbocycles. The maximum atomic E-state index is 5.77. The van der Waals surface area contributed by atoms with Crippen molar-refractivity contribution in [3.05, 3.63) is 35.4 Å². The highest BCUT2D eigenvalue weighted by Gasteiger charge is 2.06. The summed E-state index contributed by atoms with van der Waals surface area (Å²) in [4.78, 5) is 0. The Morgan fingerprint density at radius 3 is 2.56 bits per heavy atom. The molecule has 0 bridgehead atoms. The molecule has 0 amide bonds. The fourth-order valence-corrected chi connectivity index (χ4v) is 1.87. The number of benzene rings is 1. The Bertz CT molecular complexity index is 492. The van der Waals surface area contributed by atoms with Crippen LogP contribution in [0.1, 0.15) is 18.1 Å². The minimum atomic E-state index is 0.687. The van der Waals surface area contributed by atoms with Crippen LogP contribution >= 0.6 is 0 Å². The third-order valence-electron chi connectivity index (χ3n) is 2.94. The highest BCUT2D eigenvalue weighted by molar-refractivity contribution is 5.63. The largest absolute Gasteiger partial charge is 0.384 e. The summed E-state index contributed by atoms with van der Waals surface area (Å²) in [6, 6.07) is 8.34. The number of hydrogen-bond donors (Lipinski definition) is 1. The van der Waals surface area contributed by atoms with Crippen LogP contribution < -0.4 is 5.73 Å². The molecule has 2 N–H and O–H groups in total. The minimum Gasteiger partial charge on any atom is -0.384 e. The first-order chi connectivity index (χ1) is 7.61. The van der Waals surface area contributed by atoms with Crippen LogP contribution in [0.3, 0.4) is 0 Å². The van der Waals surface area contributed by atoms with Crippen molar-refractivity contribution in [3.8, 4) is 11.3 Å². The Labute approximate surface area is 95.9 Å². The molecule has 3 nitrogen and oxygen atoms in total. The van der Waals surface area contributed by atoms with Gasteiger partial charge in [-0.25, -0.2) is 0 Å². The van der Waals surface area contributed by atoms with Crippen molar-refractivity contribution >= 4 is 5.82 Å². The van der Waals surface area contributed by atoms with Crippen molar-refractivity contribution in [3.63, 3.8) is 0 Å². The lowest BCUT2D eigenvalue weighted by atomic mass is 10.0. The zero-order valence-electron chi connectivity index (χ0n) is 9.99. The quantitative estimate of drug-likeness (QED) is 0.836. The third kappa shape index (κ3) is 1.81. The molecule has 0 fully saturated rings. The topological polar surface area (TPSA) is 43.8 Å². The van der Waals surface area contributed by atoms with E-state index in [1.54, 1.807) is 4.68 Å². The normalized spacial score (nSPS) is 10.7. The molecule has 1 aromatic heterocycles. The Morgan fingerprint density at radius 2 is 2.06 bits per heavy atom. The van der Waals surface area contributed by atoms with Gasteiger partial charge in [0.05, 0.1) is 5.69 Å². The molecule has 0 radical (unpaired) electrons. The van der Waals surface area contributed by atoms with Crippen molar-refractivity contribution in [2.24, 2.45) is 7.05 Å². The predicted octanol–water partition coefficient (Wildman–Crippen LogP) is 2.54. The van der Waals surface area contributed by atoms with E-state index in [0.29, 0.717) is 5.82 Å². The number of hydrogen-bond acceptors (Lipinski definition) is 2. The average molecular weight is 215 g/mol. The summed E-state index contributed by atoms with van der Waals surface area (Å²) in [5.74, 6) is 0.687. The molecule has 1 aromatic carbocycles. The molecule has 0 aliphatic carbocycles. The summed E-state index contributed by atoms with van der Waals surface area (Å²) in [5, 5.41) is 4.37. The number of rotatable bonds is 2. The Kier molecular flexibility index (Phi) is 2.69. The number of aryl methyl sites for hydroxylation is 3. The molecule has 0 unspecified atom stereocenters. The molecule has 1 heterocycles. The smallest absolute Gasteiger partial charge is 0.121 e. The fraction of sp³-hybridized carbons (Fsp3) is 0.308. The van der Waals surface area contributed by atoms with Crippen molar-refractivity contribution in [2.45, 2.75) is 20.3 Å². The van der Waals surface area contributed by atoms with Gasteiger partial charge >= 0.3 is 0 Å². The lowest BCUT2D eigenvalue weighted by molar-refractivity contribution is 0.782. The molecular weight excluding hydrogens is 198 g/mol. The lowest BCUT2D eigenvalue weighted by Gasteiger charge is -2.04. The summed E-state index contributed by atoms with van der Waals surface area (Å²) in [6.45, 7) is 4.30. The van der Waals surface area contributed by atoms with Crippen LogP contribution in [0.2, 0.25) is 0 Å². The molecule has 0 spiro atoms. The first kappa shape index (κ1) is 10.7. The number of anilines is 1. The molecule has 0 aliphatic heterocycles. The molecule has 84 valence electrons. The Hall–Kier alpha value is -1.77. The summed E-state index contributed by atoms with van der Waals surface area (Å²) in [7, 11) is 1.85. The second kappa shape index (κ2) is 4.00. The first-order valence-corrected chi connectivity index (χ1v) is 5.51.